The molecule has 1 amide bonds. The Hall–Kier alpha value is -1.88. The first kappa shape index (κ1) is 19.9. The van der Waals surface area contributed by atoms with E-state index in [1.54, 1.807) is 0 Å². The second-order valence-electron chi connectivity index (χ2n) is 8.00. The van der Waals surface area contributed by atoms with Gasteiger partial charge in [-0.3, -0.25) is 9.59 Å². The van der Waals surface area contributed by atoms with Gasteiger partial charge in [-0.25, -0.2) is 0 Å². The van der Waals surface area contributed by atoms with E-state index in [1.807, 2.05) is 6.92 Å². The van der Waals surface area contributed by atoms with Crippen LogP contribution in [0.1, 0.15) is 62.3 Å². The van der Waals surface area contributed by atoms with Crippen molar-refractivity contribution < 1.29 is 19.2 Å². The molecule has 0 saturated carbocycles. The molecule has 1 aliphatic heterocycles. The molecular formula is C22H33N2O3+. The molecule has 5 heteroatoms. The van der Waals surface area contributed by atoms with E-state index in [1.165, 1.54) is 40.9 Å². The number of aryl methyl sites for hydroxylation is 2. The van der Waals surface area contributed by atoms with E-state index in [4.69, 9.17) is 4.74 Å². The SMILES string of the molecule is CCOC(=O)[C@@H]1CCC[NH+](CC(=O)N[C@@H](C)c2ccc3c(c2)CCCC3)C1. The van der Waals surface area contributed by atoms with E-state index >= 15 is 0 Å². The van der Waals surface area contributed by atoms with Crippen LogP contribution in [0.15, 0.2) is 18.2 Å². The number of amides is 1. The Kier molecular flexibility index (Phi) is 6.89. The van der Waals surface area contributed by atoms with Crippen LogP contribution in [0.5, 0.6) is 0 Å². The zero-order chi connectivity index (χ0) is 19.2. The summed E-state index contributed by atoms with van der Waals surface area (Å²) in [6.45, 7) is 6.36. The van der Waals surface area contributed by atoms with E-state index in [2.05, 4.69) is 30.4 Å². The van der Waals surface area contributed by atoms with Crippen LogP contribution in [0.3, 0.4) is 0 Å². The first-order valence-electron chi connectivity index (χ1n) is 10.5. The summed E-state index contributed by atoms with van der Waals surface area (Å²) in [4.78, 5) is 25.7. The van der Waals surface area contributed by atoms with Gasteiger partial charge in [0.2, 0.25) is 0 Å². The normalized spacial score (nSPS) is 23.2. The highest BCUT2D eigenvalue weighted by Crippen LogP contribution is 2.24. The standard InChI is InChI=1S/C22H32N2O3/c1-3-27-22(26)20-9-6-12-24(14-20)15-21(25)23-16(2)18-11-10-17-7-4-5-8-19(17)13-18/h10-11,13,16,20H,3-9,12,14-15H2,1-2H3,(H,23,25)/p+1/t16-,20+/m0/s1. The first-order chi connectivity index (χ1) is 13.1. The lowest BCUT2D eigenvalue weighted by molar-refractivity contribution is -0.899. The molecule has 27 heavy (non-hydrogen) atoms. The van der Waals surface area contributed by atoms with Crippen molar-refractivity contribution in [2.24, 2.45) is 5.92 Å². The van der Waals surface area contributed by atoms with Gasteiger partial charge in [0.15, 0.2) is 6.54 Å². The number of nitrogens with one attached hydrogen (secondary N) is 2. The van der Waals surface area contributed by atoms with Crippen molar-refractivity contribution in [3.63, 3.8) is 0 Å². The third-order valence-electron chi connectivity index (χ3n) is 5.90. The molecule has 1 aliphatic carbocycles. The Labute approximate surface area is 162 Å². The minimum atomic E-state index is -0.113. The van der Waals surface area contributed by atoms with Gasteiger partial charge in [-0.15, -0.1) is 0 Å². The van der Waals surface area contributed by atoms with Crippen molar-refractivity contribution in [2.75, 3.05) is 26.2 Å². The lowest BCUT2D eigenvalue weighted by atomic mass is 9.89. The highest BCUT2D eigenvalue weighted by Gasteiger charge is 2.31. The fourth-order valence-corrected chi connectivity index (χ4v) is 4.40. The van der Waals surface area contributed by atoms with Gasteiger partial charge in [-0.1, -0.05) is 18.2 Å². The van der Waals surface area contributed by atoms with Crippen LogP contribution in [0.25, 0.3) is 0 Å². The molecular weight excluding hydrogens is 340 g/mol. The molecule has 1 saturated heterocycles. The van der Waals surface area contributed by atoms with Gasteiger partial charge in [0, 0.05) is 0 Å². The Bertz CT molecular complexity index is 674. The van der Waals surface area contributed by atoms with Gasteiger partial charge in [0.25, 0.3) is 5.91 Å². The van der Waals surface area contributed by atoms with Crippen LogP contribution in [0, 0.1) is 5.92 Å². The molecule has 0 radical (unpaired) electrons. The Morgan fingerprint density at radius 1 is 1.22 bits per heavy atom. The fraction of sp³-hybridized carbons (Fsp3) is 0.636. The molecule has 1 aromatic rings. The summed E-state index contributed by atoms with van der Waals surface area (Å²) in [7, 11) is 0. The van der Waals surface area contributed by atoms with Crippen LogP contribution in [0.2, 0.25) is 0 Å². The van der Waals surface area contributed by atoms with Gasteiger partial charge in [-0.05, 0) is 69.1 Å². The number of quaternary nitrogens is 1. The smallest absolute Gasteiger partial charge is 0.314 e. The van der Waals surface area contributed by atoms with E-state index in [-0.39, 0.29) is 23.8 Å². The van der Waals surface area contributed by atoms with Gasteiger partial charge >= 0.3 is 5.97 Å². The summed E-state index contributed by atoms with van der Waals surface area (Å²) in [6, 6.07) is 6.66. The number of rotatable bonds is 6. The lowest BCUT2D eigenvalue weighted by Gasteiger charge is -2.28. The van der Waals surface area contributed by atoms with Gasteiger partial charge in [0.05, 0.1) is 25.7 Å². The number of hydrogen-bond donors (Lipinski definition) is 2. The number of carbonyl (C=O) groups excluding carboxylic acids is 2. The zero-order valence-corrected chi connectivity index (χ0v) is 16.7. The van der Waals surface area contributed by atoms with Crippen molar-refractivity contribution in [3.05, 3.63) is 34.9 Å². The van der Waals surface area contributed by atoms with Crippen LogP contribution >= 0.6 is 0 Å². The molecule has 5 nitrogen and oxygen atoms in total. The van der Waals surface area contributed by atoms with Crippen molar-refractivity contribution in [3.8, 4) is 0 Å². The molecule has 1 fully saturated rings. The number of piperidine rings is 1. The Balaban J connectivity index is 1.52. The minimum absolute atomic E-state index is 0.00905. The molecule has 1 aromatic carbocycles. The number of hydrogen-bond acceptors (Lipinski definition) is 3. The summed E-state index contributed by atoms with van der Waals surface area (Å²) in [5, 5.41) is 3.14. The maximum absolute atomic E-state index is 12.5. The second kappa shape index (κ2) is 9.36. The molecule has 2 aliphatic rings. The number of esters is 1. The van der Waals surface area contributed by atoms with Gasteiger partial charge in [-0.2, -0.15) is 0 Å². The number of carbonyl (C=O) groups is 2. The lowest BCUT2D eigenvalue weighted by Crippen LogP contribution is -3.14. The largest absolute Gasteiger partial charge is 0.466 e. The molecule has 3 atom stereocenters. The highest BCUT2D eigenvalue weighted by atomic mass is 16.5. The molecule has 148 valence electrons. The van der Waals surface area contributed by atoms with E-state index in [9.17, 15) is 9.59 Å². The van der Waals surface area contributed by atoms with Crippen LogP contribution in [0.4, 0.5) is 0 Å². The third kappa shape index (κ3) is 5.32. The topological polar surface area (TPSA) is 59.8 Å². The summed E-state index contributed by atoms with van der Waals surface area (Å²) in [5.41, 5.74) is 4.09. The first-order valence-corrected chi connectivity index (χ1v) is 10.5. The summed E-state index contributed by atoms with van der Waals surface area (Å²) >= 11 is 0. The maximum atomic E-state index is 12.5. The van der Waals surface area contributed by atoms with E-state index in [0.717, 1.165) is 25.8 Å². The molecule has 0 spiro atoms. The van der Waals surface area contributed by atoms with Crippen molar-refractivity contribution >= 4 is 11.9 Å². The third-order valence-corrected chi connectivity index (χ3v) is 5.90. The fourth-order valence-electron chi connectivity index (χ4n) is 4.40. The van der Waals surface area contributed by atoms with Crippen molar-refractivity contribution in [1.82, 2.24) is 5.32 Å². The summed E-state index contributed by atoms with van der Waals surface area (Å²) < 4.78 is 5.15. The molecule has 0 aromatic heterocycles. The zero-order valence-electron chi connectivity index (χ0n) is 16.7. The highest BCUT2D eigenvalue weighted by molar-refractivity contribution is 5.77. The monoisotopic (exact) mass is 373 g/mol. The molecule has 1 unspecified atom stereocenters. The number of ether oxygens (including phenoxy) is 1. The maximum Gasteiger partial charge on any atom is 0.314 e. The van der Waals surface area contributed by atoms with Crippen LogP contribution in [-0.4, -0.2) is 38.1 Å². The van der Waals surface area contributed by atoms with E-state index < -0.39 is 0 Å². The Morgan fingerprint density at radius 3 is 2.78 bits per heavy atom. The van der Waals surface area contributed by atoms with E-state index in [0.29, 0.717) is 19.7 Å². The molecule has 3 rings (SSSR count). The number of fused-ring (bicyclic) bond motifs is 1. The van der Waals surface area contributed by atoms with Gasteiger partial charge < -0.3 is 15.0 Å². The second-order valence-corrected chi connectivity index (χ2v) is 8.00. The predicted molar refractivity (Wildman–Crippen MR) is 105 cm³/mol. The molecule has 2 N–H and O–H groups in total. The summed E-state index contributed by atoms with van der Waals surface area (Å²) in [6.07, 6.45) is 6.70. The number of likely N-dealkylation sites (tertiary alicyclic amines) is 1. The summed E-state index contributed by atoms with van der Waals surface area (Å²) in [5.74, 6) is -0.128. The predicted octanol–water partition coefficient (Wildman–Crippen LogP) is 1.60. The number of benzene rings is 1. The average Bonchev–Trinajstić information content (AvgIpc) is 2.68. The molecule has 0 bridgehead atoms. The van der Waals surface area contributed by atoms with Gasteiger partial charge in [0.1, 0.15) is 5.92 Å². The van der Waals surface area contributed by atoms with Crippen LogP contribution in [-0.2, 0) is 27.2 Å². The molecule has 1 heterocycles. The van der Waals surface area contributed by atoms with Crippen molar-refractivity contribution in [1.29, 1.82) is 0 Å². The minimum Gasteiger partial charge on any atom is -0.466 e. The Morgan fingerprint density at radius 2 is 2.00 bits per heavy atom. The van der Waals surface area contributed by atoms with Crippen LogP contribution < -0.4 is 10.2 Å². The van der Waals surface area contributed by atoms with Crippen molar-refractivity contribution in [2.45, 2.75) is 58.4 Å². The average molecular weight is 374 g/mol. The quantitative estimate of drug-likeness (QED) is 0.745.